The van der Waals surface area contributed by atoms with E-state index in [1.807, 2.05) is 30.3 Å². The number of aliphatic hydroxyl groups excluding tert-OH is 2. The Bertz CT molecular complexity index is 233. The van der Waals surface area contributed by atoms with E-state index in [1.54, 1.807) is 0 Å². The van der Waals surface area contributed by atoms with Crippen LogP contribution in [0.2, 0.25) is 0 Å². The topological polar surface area (TPSA) is 40.5 Å². The van der Waals surface area contributed by atoms with E-state index >= 15 is 0 Å². The molecule has 0 saturated carbocycles. The van der Waals surface area contributed by atoms with E-state index in [1.165, 1.54) is 0 Å². The van der Waals surface area contributed by atoms with E-state index in [2.05, 4.69) is 0 Å². The predicted molar refractivity (Wildman–Crippen MR) is 57.0 cm³/mol. The van der Waals surface area contributed by atoms with Gasteiger partial charge in [-0.05, 0) is 18.4 Å². The van der Waals surface area contributed by atoms with Gasteiger partial charge in [0, 0.05) is 6.61 Å². The number of hydrogen-bond acceptors (Lipinski definition) is 2. The molecule has 0 bridgehead atoms. The van der Waals surface area contributed by atoms with Gasteiger partial charge in [0.1, 0.15) is 0 Å². The van der Waals surface area contributed by atoms with E-state index in [-0.39, 0.29) is 12.7 Å². The molecule has 0 amide bonds. The van der Waals surface area contributed by atoms with E-state index in [4.69, 9.17) is 5.11 Å². The maximum absolute atomic E-state index is 9.76. The van der Waals surface area contributed by atoms with Crippen LogP contribution in [0.4, 0.5) is 0 Å². The largest absolute Gasteiger partial charge is 0.396 e. The summed E-state index contributed by atoms with van der Waals surface area (Å²) in [5, 5.41) is 18.3. The van der Waals surface area contributed by atoms with Gasteiger partial charge in [-0.2, -0.15) is 0 Å². The molecule has 1 aromatic rings. The minimum Gasteiger partial charge on any atom is -0.396 e. The van der Waals surface area contributed by atoms with Crippen molar-refractivity contribution >= 4 is 0 Å². The molecule has 0 saturated heterocycles. The van der Waals surface area contributed by atoms with Gasteiger partial charge < -0.3 is 10.2 Å². The van der Waals surface area contributed by atoms with Crippen LogP contribution in [-0.4, -0.2) is 16.8 Å². The lowest BCUT2D eigenvalue weighted by atomic mass is 10.0. The van der Waals surface area contributed by atoms with Gasteiger partial charge in [-0.1, -0.05) is 43.2 Å². The molecule has 1 rings (SSSR count). The van der Waals surface area contributed by atoms with Crippen molar-refractivity contribution in [2.75, 3.05) is 6.61 Å². The lowest BCUT2D eigenvalue weighted by Gasteiger charge is -2.09. The average molecular weight is 194 g/mol. The van der Waals surface area contributed by atoms with Gasteiger partial charge >= 0.3 is 0 Å². The SMILES string of the molecule is OCCCCC[C@@H](O)c1ccccc1. The Balaban J connectivity index is 2.25. The second-order valence-corrected chi connectivity index (χ2v) is 3.50. The Morgan fingerprint density at radius 1 is 1.00 bits per heavy atom. The first kappa shape index (κ1) is 11.2. The number of aliphatic hydroxyl groups is 2. The van der Waals surface area contributed by atoms with E-state index < -0.39 is 0 Å². The first-order valence-electron chi connectivity index (χ1n) is 5.18. The molecule has 0 fully saturated rings. The minimum absolute atomic E-state index is 0.251. The molecule has 0 aromatic heterocycles. The molecule has 0 heterocycles. The van der Waals surface area contributed by atoms with Crippen molar-refractivity contribution in [3.8, 4) is 0 Å². The molecule has 78 valence electrons. The van der Waals surface area contributed by atoms with Crippen molar-refractivity contribution in [2.45, 2.75) is 31.8 Å². The van der Waals surface area contributed by atoms with Crippen LogP contribution in [0.3, 0.4) is 0 Å². The van der Waals surface area contributed by atoms with Crippen molar-refractivity contribution in [2.24, 2.45) is 0 Å². The van der Waals surface area contributed by atoms with Gasteiger partial charge in [0.05, 0.1) is 6.10 Å². The zero-order valence-electron chi connectivity index (χ0n) is 8.39. The van der Waals surface area contributed by atoms with Crippen LogP contribution in [0.15, 0.2) is 30.3 Å². The van der Waals surface area contributed by atoms with E-state index in [9.17, 15) is 5.11 Å². The van der Waals surface area contributed by atoms with Gasteiger partial charge in [0.15, 0.2) is 0 Å². The molecule has 0 spiro atoms. The summed E-state index contributed by atoms with van der Waals surface area (Å²) in [6.07, 6.45) is 3.22. The Hall–Kier alpha value is -0.860. The van der Waals surface area contributed by atoms with Crippen molar-refractivity contribution in [3.63, 3.8) is 0 Å². The van der Waals surface area contributed by atoms with E-state index in [0.29, 0.717) is 0 Å². The molecule has 0 aliphatic heterocycles. The first-order chi connectivity index (χ1) is 6.84. The fourth-order valence-electron chi connectivity index (χ4n) is 1.47. The minimum atomic E-state index is -0.352. The third kappa shape index (κ3) is 3.90. The highest BCUT2D eigenvalue weighted by atomic mass is 16.3. The highest BCUT2D eigenvalue weighted by molar-refractivity contribution is 5.16. The third-order valence-electron chi connectivity index (χ3n) is 2.32. The smallest absolute Gasteiger partial charge is 0.0790 e. The Morgan fingerprint density at radius 2 is 1.71 bits per heavy atom. The summed E-state index contributed by atoms with van der Waals surface area (Å²) in [4.78, 5) is 0. The van der Waals surface area contributed by atoms with Crippen molar-refractivity contribution in [1.82, 2.24) is 0 Å². The zero-order chi connectivity index (χ0) is 10.2. The summed E-state index contributed by atoms with van der Waals surface area (Å²) < 4.78 is 0. The van der Waals surface area contributed by atoms with Gasteiger partial charge in [-0.3, -0.25) is 0 Å². The van der Waals surface area contributed by atoms with Crippen molar-refractivity contribution < 1.29 is 10.2 Å². The van der Waals surface area contributed by atoms with Crippen LogP contribution in [0.5, 0.6) is 0 Å². The third-order valence-corrected chi connectivity index (χ3v) is 2.32. The summed E-state index contributed by atoms with van der Waals surface area (Å²) in [5.41, 5.74) is 0.983. The maximum Gasteiger partial charge on any atom is 0.0790 e. The molecule has 0 unspecified atom stereocenters. The van der Waals surface area contributed by atoms with Gasteiger partial charge in [0.25, 0.3) is 0 Å². The summed E-state index contributed by atoms with van der Waals surface area (Å²) in [7, 11) is 0. The van der Waals surface area contributed by atoms with Crippen molar-refractivity contribution in [1.29, 1.82) is 0 Å². The normalized spacial score (nSPS) is 12.7. The second kappa shape index (κ2) is 6.57. The molecule has 2 N–H and O–H groups in total. The number of hydrogen-bond donors (Lipinski definition) is 2. The summed E-state index contributed by atoms with van der Waals surface area (Å²) in [5.74, 6) is 0. The summed E-state index contributed by atoms with van der Waals surface area (Å²) in [6, 6.07) is 9.70. The molecule has 1 atom stereocenters. The quantitative estimate of drug-likeness (QED) is 0.682. The molecule has 2 heteroatoms. The monoisotopic (exact) mass is 194 g/mol. The van der Waals surface area contributed by atoms with Crippen LogP contribution < -0.4 is 0 Å². The van der Waals surface area contributed by atoms with Crippen LogP contribution >= 0.6 is 0 Å². The van der Waals surface area contributed by atoms with Crippen LogP contribution in [0, 0.1) is 0 Å². The Morgan fingerprint density at radius 3 is 2.36 bits per heavy atom. The first-order valence-corrected chi connectivity index (χ1v) is 5.18. The zero-order valence-corrected chi connectivity index (χ0v) is 8.39. The fraction of sp³-hybridized carbons (Fsp3) is 0.500. The second-order valence-electron chi connectivity index (χ2n) is 3.50. The summed E-state index contributed by atoms with van der Waals surface area (Å²) in [6.45, 7) is 0.251. The number of rotatable bonds is 6. The number of unbranched alkanes of at least 4 members (excludes halogenated alkanes) is 2. The molecule has 1 aromatic carbocycles. The predicted octanol–water partition coefficient (Wildman–Crippen LogP) is 2.27. The van der Waals surface area contributed by atoms with Crippen LogP contribution in [-0.2, 0) is 0 Å². The van der Waals surface area contributed by atoms with Crippen LogP contribution in [0.1, 0.15) is 37.4 Å². The molecular formula is C12H18O2. The molecular weight excluding hydrogens is 176 g/mol. The highest BCUT2D eigenvalue weighted by Gasteiger charge is 2.05. The average Bonchev–Trinajstić information content (AvgIpc) is 2.25. The molecule has 2 nitrogen and oxygen atoms in total. The van der Waals surface area contributed by atoms with Gasteiger partial charge in [-0.25, -0.2) is 0 Å². The molecule has 0 radical (unpaired) electrons. The number of benzene rings is 1. The fourth-order valence-corrected chi connectivity index (χ4v) is 1.47. The van der Waals surface area contributed by atoms with Crippen LogP contribution in [0.25, 0.3) is 0 Å². The van der Waals surface area contributed by atoms with E-state index in [0.717, 1.165) is 31.2 Å². The maximum atomic E-state index is 9.76. The van der Waals surface area contributed by atoms with Crippen molar-refractivity contribution in [3.05, 3.63) is 35.9 Å². The molecule has 0 aliphatic carbocycles. The lowest BCUT2D eigenvalue weighted by Crippen LogP contribution is -1.97. The highest BCUT2D eigenvalue weighted by Crippen LogP contribution is 2.18. The molecule has 14 heavy (non-hydrogen) atoms. The Labute approximate surface area is 85.2 Å². The molecule has 0 aliphatic rings. The summed E-state index contributed by atoms with van der Waals surface area (Å²) >= 11 is 0. The van der Waals surface area contributed by atoms with Gasteiger partial charge in [0.2, 0.25) is 0 Å². The lowest BCUT2D eigenvalue weighted by molar-refractivity contribution is 0.162. The van der Waals surface area contributed by atoms with Gasteiger partial charge in [-0.15, -0.1) is 0 Å². The standard InChI is InChI=1S/C12H18O2/c13-10-6-2-5-9-12(14)11-7-3-1-4-8-11/h1,3-4,7-8,12-14H,2,5-6,9-10H2/t12-/m1/s1. The Kier molecular flexibility index (Phi) is 5.27.